The molecule has 0 fully saturated rings. The number of furan rings is 1. The molecule has 0 aliphatic heterocycles. The molecule has 2 nitrogen and oxygen atoms in total. The lowest BCUT2D eigenvalue weighted by Crippen LogP contribution is -1.93. The summed E-state index contributed by atoms with van der Waals surface area (Å²) in [5.74, 6) is 0. The molecule has 0 spiro atoms. The van der Waals surface area contributed by atoms with Crippen molar-refractivity contribution < 1.29 is 4.42 Å². The van der Waals surface area contributed by atoms with Crippen molar-refractivity contribution in [2.24, 2.45) is 0 Å². The Hall–Kier alpha value is -5.64. The van der Waals surface area contributed by atoms with Crippen LogP contribution in [0.1, 0.15) is 0 Å². The standard InChI is InChI=1S/C42H25NOS/c1-2-11-26(12-3-1)29-24-23-28(27-21-22-33-32-15-6-9-20-38(32)44-39(33)25-27)40-34-16-10-19-37(41(34)45-42(29)40)43-35-17-7-4-13-30(35)31-14-5-8-18-36(31)43/h1-25H. The highest BCUT2D eigenvalue weighted by Crippen LogP contribution is 2.48. The molecule has 10 aromatic rings. The summed E-state index contributed by atoms with van der Waals surface area (Å²) in [7, 11) is 0. The average molecular weight is 592 g/mol. The maximum atomic E-state index is 6.34. The zero-order valence-electron chi connectivity index (χ0n) is 24.2. The number of para-hydroxylation sites is 3. The van der Waals surface area contributed by atoms with Crippen molar-refractivity contribution in [2.75, 3.05) is 0 Å². The van der Waals surface area contributed by atoms with Gasteiger partial charge in [0.15, 0.2) is 0 Å². The first-order chi connectivity index (χ1) is 22.3. The second kappa shape index (κ2) is 9.43. The largest absolute Gasteiger partial charge is 0.456 e. The predicted molar refractivity (Wildman–Crippen MR) is 192 cm³/mol. The molecule has 0 atom stereocenters. The van der Waals surface area contributed by atoms with Crippen LogP contribution in [0.3, 0.4) is 0 Å². The first kappa shape index (κ1) is 24.8. The van der Waals surface area contributed by atoms with Crippen LogP contribution in [0.2, 0.25) is 0 Å². The Morgan fingerprint density at radius 2 is 1.07 bits per heavy atom. The topological polar surface area (TPSA) is 18.1 Å². The minimum Gasteiger partial charge on any atom is -0.456 e. The minimum absolute atomic E-state index is 0.916. The van der Waals surface area contributed by atoms with E-state index in [-0.39, 0.29) is 0 Å². The van der Waals surface area contributed by atoms with Crippen molar-refractivity contribution in [3.63, 3.8) is 0 Å². The van der Waals surface area contributed by atoms with Crippen LogP contribution in [0.15, 0.2) is 156 Å². The monoisotopic (exact) mass is 591 g/mol. The molecule has 0 amide bonds. The third kappa shape index (κ3) is 3.56. The van der Waals surface area contributed by atoms with Crippen molar-refractivity contribution in [1.82, 2.24) is 4.57 Å². The highest BCUT2D eigenvalue weighted by molar-refractivity contribution is 7.27. The van der Waals surface area contributed by atoms with Gasteiger partial charge in [0.2, 0.25) is 0 Å². The lowest BCUT2D eigenvalue weighted by atomic mass is 9.94. The van der Waals surface area contributed by atoms with Gasteiger partial charge in [-0.2, -0.15) is 0 Å². The molecule has 10 rings (SSSR count). The molecule has 210 valence electrons. The van der Waals surface area contributed by atoms with Crippen LogP contribution >= 0.6 is 11.3 Å². The highest BCUT2D eigenvalue weighted by atomic mass is 32.1. The number of nitrogens with zero attached hydrogens (tertiary/aromatic N) is 1. The molecule has 0 saturated carbocycles. The van der Waals surface area contributed by atoms with Crippen molar-refractivity contribution in [3.8, 4) is 27.9 Å². The molecular weight excluding hydrogens is 567 g/mol. The van der Waals surface area contributed by atoms with Gasteiger partial charge in [-0.25, -0.2) is 0 Å². The summed E-state index contributed by atoms with van der Waals surface area (Å²) in [6, 6.07) is 54.6. The molecular formula is C42H25NOS. The minimum atomic E-state index is 0.916. The summed E-state index contributed by atoms with van der Waals surface area (Å²) in [5, 5.41) is 7.41. The van der Waals surface area contributed by atoms with E-state index in [0.29, 0.717) is 0 Å². The Bertz CT molecular complexity index is 2710. The molecule has 3 heterocycles. The Labute approximate surface area is 263 Å². The molecule has 0 N–H and O–H groups in total. The second-order valence-corrected chi connectivity index (χ2v) is 12.7. The Kier molecular flexibility index (Phi) is 5.19. The summed E-state index contributed by atoms with van der Waals surface area (Å²) in [5.41, 5.74) is 10.4. The fourth-order valence-electron chi connectivity index (χ4n) is 7.22. The Balaban J connectivity index is 1.31. The van der Waals surface area contributed by atoms with Crippen molar-refractivity contribution >= 4 is 75.3 Å². The Morgan fingerprint density at radius 3 is 1.87 bits per heavy atom. The van der Waals surface area contributed by atoms with Gasteiger partial charge in [-0.3, -0.25) is 0 Å². The summed E-state index contributed by atoms with van der Waals surface area (Å²) in [6.45, 7) is 0. The molecule has 0 unspecified atom stereocenters. The number of aromatic nitrogens is 1. The van der Waals surface area contributed by atoms with E-state index in [4.69, 9.17) is 4.42 Å². The van der Waals surface area contributed by atoms with Crippen LogP contribution in [0, 0.1) is 0 Å². The summed E-state index contributed by atoms with van der Waals surface area (Å²) < 4.78 is 11.4. The molecule has 3 aromatic heterocycles. The fraction of sp³-hybridized carbons (Fsp3) is 0. The van der Waals surface area contributed by atoms with Gasteiger partial charge in [0.25, 0.3) is 0 Å². The van der Waals surface area contributed by atoms with Gasteiger partial charge >= 0.3 is 0 Å². The van der Waals surface area contributed by atoms with E-state index in [1.165, 1.54) is 64.4 Å². The zero-order valence-corrected chi connectivity index (χ0v) is 25.0. The summed E-state index contributed by atoms with van der Waals surface area (Å²) >= 11 is 1.90. The SMILES string of the molecule is c1ccc(-c2ccc(-c3ccc4c(c3)oc3ccccc34)c3c2sc2c(-n4c5ccccc5c5ccccc54)cccc23)cc1. The lowest BCUT2D eigenvalue weighted by molar-refractivity contribution is 0.669. The third-order valence-corrected chi connectivity index (χ3v) is 10.5. The maximum absolute atomic E-state index is 6.34. The number of hydrogen-bond donors (Lipinski definition) is 0. The van der Waals surface area contributed by atoms with E-state index in [1.54, 1.807) is 0 Å². The van der Waals surface area contributed by atoms with Crippen molar-refractivity contribution in [2.45, 2.75) is 0 Å². The molecule has 0 saturated heterocycles. The molecule has 0 aliphatic carbocycles. The molecule has 0 aliphatic rings. The average Bonchev–Trinajstić information content (AvgIpc) is 3.78. The molecule has 45 heavy (non-hydrogen) atoms. The maximum Gasteiger partial charge on any atom is 0.136 e. The van der Waals surface area contributed by atoms with Crippen LogP contribution in [0.4, 0.5) is 0 Å². The smallest absolute Gasteiger partial charge is 0.136 e. The first-order valence-electron chi connectivity index (χ1n) is 15.3. The number of hydrogen-bond acceptors (Lipinski definition) is 2. The molecule has 0 bridgehead atoms. The molecule has 0 radical (unpaired) electrons. The van der Waals surface area contributed by atoms with E-state index >= 15 is 0 Å². The van der Waals surface area contributed by atoms with Gasteiger partial charge in [0, 0.05) is 37.0 Å². The van der Waals surface area contributed by atoms with Crippen molar-refractivity contribution in [3.05, 3.63) is 152 Å². The predicted octanol–water partition coefficient (Wildman–Crippen LogP) is 12.4. The molecule has 7 aromatic carbocycles. The van der Waals surface area contributed by atoms with Gasteiger partial charge in [-0.15, -0.1) is 11.3 Å². The van der Waals surface area contributed by atoms with Crippen LogP contribution in [0.5, 0.6) is 0 Å². The van der Waals surface area contributed by atoms with E-state index in [9.17, 15) is 0 Å². The highest BCUT2D eigenvalue weighted by Gasteiger charge is 2.20. The summed E-state index contributed by atoms with van der Waals surface area (Å²) in [6.07, 6.45) is 0. The quantitative estimate of drug-likeness (QED) is 0.200. The number of fused-ring (bicyclic) bond motifs is 9. The molecule has 3 heteroatoms. The van der Waals surface area contributed by atoms with E-state index in [1.807, 2.05) is 23.5 Å². The normalized spacial score (nSPS) is 12.0. The van der Waals surface area contributed by atoms with Crippen LogP contribution in [-0.2, 0) is 0 Å². The number of thiophene rings is 1. The van der Waals surface area contributed by atoms with Gasteiger partial charge in [0.1, 0.15) is 11.2 Å². The van der Waals surface area contributed by atoms with E-state index in [0.717, 1.165) is 27.5 Å². The van der Waals surface area contributed by atoms with E-state index in [2.05, 4.69) is 144 Å². The first-order valence-corrected chi connectivity index (χ1v) is 16.1. The van der Waals surface area contributed by atoms with Crippen molar-refractivity contribution in [1.29, 1.82) is 0 Å². The Morgan fingerprint density at radius 1 is 0.422 bits per heavy atom. The van der Waals surface area contributed by atoms with Gasteiger partial charge in [-0.1, -0.05) is 115 Å². The van der Waals surface area contributed by atoms with Gasteiger partial charge in [-0.05, 0) is 58.7 Å². The fourth-order valence-corrected chi connectivity index (χ4v) is 8.59. The number of rotatable bonds is 3. The second-order valence-electron chi connectivity index (χ2n) is 11.7. The van der Waals surface area contributed by atoms with Gasteiger partial charge < -0.3 is 8.98 Å². The van der Waals surface area contributed by atoms with E-state index < -0.39 is 0 Å². The van der Waals surface area contributed by atoms with Crippen LogP contribution < -0.4 is 0 Å². The third-order valence-electron chi connectivity index (χ3n) is 9.22. The van der Waals surface area contributed by atoms with Crippen LogP contribution in [0.25, 0.3) is 91.9 Å². The summed E-state index contributed by atoms with van der Waals surface area (Å²) in [4.78, 5) is 0. The number of benzene rings is 7. The lowest BCUT2D eigenvalue weighted by Gasteiger charge is -2.10. The van der Waals surface area contributed by atoms with Crippen LogP contribution in [-0.4, -0.2) is 4.57 Å². The van der Waals surface area contributed by atoms with Gasteiger partial charge in [0.05, 0.1) is 21.4 Å². The zero-order chi connectivity index (χ0) is 29.5.